The highest BCUT2D eigenvalue weighted by atomic mass is 16.7. The van der Waals surface area contributed by atoms with Crippen LogP contribution in [0.15, 0.2) is 83.6 Å². The second kappa shape index (κ2) is 12.2. The largest absolute Gasteiger partial charge is 0.481 e. The first kappa shape index (κ1) is 29.3. The molecule has 0 spiro atoms. The molecule has 3 heterocycles. The molecule has 1 amide bonds. The molecule has 1 saturated heterocycles. The fraction of sp³-hybridized carbons (Fsp3) is 0.361. The van der Waals surface area contributed by atoms with Crippen molar-refractivity contribution < 1.29 is 23.3 Å². The lowest BCUT2D eigenvalue weighted by Gasteiger charge is -2.60. The van der Waals surface area contributed by atoms with Crippen molar-refractivity contribution in [3.63, 3.8) is 0 Å². The minimum atomic E-state index is -0.576. The summed E-state index contributed by atoms with van der Waals surface area (Å²) in [5.41, 5.74) is 5.01. The first-order chi connectivity index (χ1) is 21.9. The van der Waals surface area contributed by atoms with Gasteiger partial charge in [0.2, 0.25) is 0 Å². The highest BCUT2D eigenvalue weighted by Gasteiger charge is 2.62. The zero-order valence-electron chi connectivity index (χ0n) is 25.5. The summed E-state index contributed by atoms with van der Waals surface area (Å²) in [5, 5.41) is 13.7. The normalized spacial score (nSPS) is 23.9. The number of nitrogens with zero attached hydrogens (tertiary/aromatic N) is 2. The van der Waals surface area contributed by atoms with Gasteiger partial charge in [-0.05, 0) is 77.5 Å². The van der Waals surface area contributed by atoms with Gasteiger partial charge in [-0.2, -0.15) is 5.26 Å². The van der Waals surface area contributed by atoms with E-state index in [4.69, 9.17) is 18.5 Å². The van der Waals surface area contributed by atoms with Crippen molar-refractivity contribution in [2.75, 3.05) is 6.61 Å². The number of nitriles is 1. The number of benzene rings is 2. The summed E-state index contributed by atoms with van der Waals surface area (Å²) in [4.78, 5) is 17.5. The summed E-state index contributed by atoms with van der Waals surface area (Å²) in [5.74, 6) is 0.664. The Bertz CT molecular complexity index is 1760. The van der Waals surface area contributed by atoms with Gasteiger partial charge in [-0.15, -0.1) is 0 Å². The number of fused-ring (bicyclic) bond motifs is 1. The Morgan fingerprint density at radius 3 is 2.84 bits per heavy atom. The van der Waals surface area contributed by atoms with E-state index >= 15 is 0 Å². The zero-order chi connectivity index (χ0) is 31.0. The Kier molecular flexibility index (Phi) is 7.95. The van der Waals surface area contributed by atoms with Crippen LogP contribution in [0.1, 0.15) is 49.1 Å². The maximum atomic E-state index is 13.2. The number of alkyl carbamates (subject to hydrolysis) is 1. The second-order valence-corrected chi connectivity index (χ2v) is 13.0. The van der Waals surface area contributed by atoms with E-state index in [1.54, 1.807) is 12.5 Å². The van der Waals surface area contributed by atoms with Crippen LogP contribution in [0.3, 0.4) is 0 Å². The van der Waals surface area contributed by atoms with Crippen molar-refractivity contribution in [2.24, 2.45) is 17.3 Å². The number of hydrogen-bond acceptors (Lipinski definition) is 7. The van der Waals surface area contributed by atoms with Crippen LogP contribution < -0.4 is 5.32 Å². The number of carbonyl (C=O) groups excluding carboxylic acids is 1. The van der Waals surface area contributed by atoms with Gasteiger partial charge in [0.15, 0.2) is 0 Å². The summed E-state index contributed by atoms with van der Waals surface area (Å²) in [6.45, 7) is 4.86. The summed E-state index contributed by atoms with van der Waals surface area (Å²) in [6.07, 6.45) is 7.98. The van der Waals surface area contributed by atoms with E-state index in [1.165, 1.54) is 6.42 Å². The first-order valence-corrected chi connectivity index (χ1v) is 15.7. The number of ether oxygens (including phenoxy) is 1. The summed E-state index contributed by atoms with van der Waals surface area (Å²) >= 11 is 0. The van der Waals surface area contributed by atoms with Crippen molar-refractivity contribution in [3.05, 3.63) is 102 Å². The van der Waals surface area contributed by atoms with Crippen molar-refractivity contribution in [2.45, 2.75) is 57.7 Å². The van der Waals surface area contributed by atoms with E-state index in [1.807, 2.05) is 72.8 Å². The smallest absolute Gasteiger partial charge is 0.464 e. The number of furan rings is 1. The molecule has 2 aromatic carbocycles. The third kappa shape index (κ3) is 5.88. The number of para-hydroxylation sites is 1. The highest BCUT2D eigenvalue weighted by molar-refractivity contribution is 6.47. The number of pyridine rings is 1. The van der Waals surface area contributed by atoms with Crippen LogP contribution in [-0.2, 0) is 26.9 Å². The Hall–Kier alpha value is -4.39. The first-order valence-electron chi connectivity index (χ1n) is 15.7. The Labute approximate surface area is 263 Å². The third-order valence-corrected chi connectivity index (χ3v) is 10.0. The second-order valence-electron chi connectivity index (χ2n) is 13.0. The molecule has 2 bridgehead atoms. The molecular formula is C36H36BN3O5. The fourth-order valence-electron chi connectivity index (χ4n) is 7.34. The zero-order valence-corrected chi connectivity index (χ0v) is 25.5. The topological polar surface area (TPSA) is 107 Å². The summed E-state index contributed by atoms with van der Waals surface area (Å²) in [6, 6.07) is 23.4. The van der Waals surface area contributed by atoms with Crippen LogP contribution in [0.5, 0.6) is 0 Å². The molecule has 2 aromatic heterocycles. The van der Waals surface area contributed by atoms with E-state index in [0.717, 1.165) is 34.1 Å². The average Bonchev–Trinajstić information content (AvgIpc) is 3.68. The van der Waals surface area contributed by atoms with Gasteiger partial charge in [-0.25, -0.2) is 4.79 Å². The van der Waals surface area contributed by atoms with Crippen LogP contribution in [0.2, 0.25) is 0 Å². The quantitative estimate of drug-likeness (QED) is 0.169. The SMILES string of the molecule is CC1(C)[C@H]2C[C@@H]1C1OB([C@H](Cc3coc4ccccc34)NC(=O)OCCc3cccc(C=C(C#N)c4ccccn4)c3)O[C@@H]1C2. The van der Waals surface area contributed by atoms with E-state index in [-0.39, 0.29) is 24.2 Å². The predicted octanol–water partition coefficient (Wildman–Crippen LogP) is 6.65. The number of rotatable bonds is 9. The van der Waals surface area contributed by atoms with Crippen LogP contribution >= 0.6 is 0 Å². The molecule has 3 saturated carbocycles. The molecule has 8 nitrogen and oxygen atoms in total. The maximum Gasteiger partial charge on any atom is 0.481 e. The lowest BCUT2D eigenvalue weighted by atomic mass is 9.47. The molecule has 5 atom stereocenters. The van der Waals surface area contributed by atoms with Gasteiger partial charge in [0.05, 0.1) is 42.3 Å². The van der Waals surface area contributed by atoms with Crippen molar-refractivity contribution in [1.29, 1.82) is 5.26 Å². The molecule has 8 rings (SSSR count). The molecule has 1 aliphatic heterocycles. The van der Waals surface area contributed by atoms with Gasteiger partial charge < -0.3 is 23.8 Å². The number of amides is 1. The van der Waals surface area contributed by atoms with Gasteiger partial charge in [0.25, 0.3) is 0 Å². The number of allylic oxidation sites excluding steroid dienone is 1. The molecule has 4 aromatic rings. The highest BCUT2D eigenvalue weighted by Crippen LogP contribution is 2.61. The van der Waals surface area contributed by atoms with Crippen molar-refractivity contribution >= 4 is 35.8 Å². The molecule has 1 unspecified atom stereocenters. The fourth-order valence-corrected chi connectivity index (χ4v) is 7.34. The Morgan fingerprint density at radius 2 is 2.02 bits per heavy atom. The molecule has 9 heteroatoms. The number of hydrogen-bond donors (Lipinski definition) is 1. The number of carbonyl (C=O) groups is 1. The summed E-state index contributed by atoms with van der Waals surface area (Å²) < 4.78 is 24.5. The summed E-state index contributed by atoms with van der Waals surface area (Å²) in [7, 11) is -0.576. The minimum absolute atomic E-state index is 0.0389. The van der Waals surface area contributed by atoms with Crippen LogP contribution in [0.4, 0.5) is 4.79 Å². The molecule has 1 N–H and O–H groups in total. The van der Waals surface area contributed by atoms with Crippen LogP contribution in [-0.4, -0.2) is 43.0 Å². The number of aromatic nitrogens is 1. The minimum Gasteiger partial charge on any atom is -0.464 e. The molecular weight excluding hydrogens is 565 g/mol. The van der Waals surface area contributed by atoms with Crippen LogP contribution in [0, 0.1) is 28.6 Å². The molecule has 4 fully saturated rings. The number of nitrogens with one attached hydrogen (secondary N) is 1. The monoisotopic (exact) mass is 601 g/mol. The van der Waals surface area contributed by atoms with Crippen molar-refractivity contribution in [3.8, 4) is 6.07 Å². The lowest BCUT2D eigenvalue weighted by molar-refractivity contribution is -0.150. The van der Waals surface area contributed by atoms with E-state index < -0.39 is 19.2 Å². The molecule has 3 aliphatic carbocycles. The van der Waals surface area contributed by atoms with Gasteiger partial charge >= 0.3 is 13.2 Å². The third-order valence-electron chi connectivity index (χ3n) is 10.0. The Morgan fingerprint density at radius 1 is 1.16 bits per heavy atom. The standard InChI is InChI=1S/C36H36BN3O5/c1-36(2)27-19-29(36)34-32(20-27)44-37(45-34)33(18-26-22-43-31-12-4-3-10-28(26)31)40-35(41)42-15-13-23-8-7-9-24(16-23)17-25(21-38)30-11-5-6-14-39-30/h3-12,14,16-17,22,27,29,32-34H,13,15,18-20H2,1-2H3,(H,40,41)/t27-,29+,32+,33-,34?/m0/s1. The molecule has 4 aliphatic rings. The molecule has 228 valence electrons. The predicted molar refractivity (Wildman–Crippen MR) is 172 cm³/mol. The van der Waals surface area contributed by atoms with Crippen LogP contribution in [0.25, 0.3) is 22.6 Å². The lowest BCUT2D eigenvalue weighted by Crippen LogP contribution is -2.59. The average molecular weight is 602 g/mol. The van der Waals surface area contributed by atoms with Gasteiger partial charge in [-0.1, -0.05) is 62.4 Å². The molecule has 0 radical (unpaired) electrons. The Balaban J connectivity index is 1.01. The van der Waals surface area contributed by atoms with E-state index in [9.17, 15) is 10.1 Å². The van der Waals surface area contributed by atoms with Crippen molar-refractivity contribution in [1.82, 2.24) is 10.3 Å². The van der Waals surface area contributed by atoms with Gasteiger partial charge in [0.1, 0.15) is 11.7 Å². The molecule has 45 heavy (non-hydrogen) atoms. The van der Waals surface area contributed by atoms with E-state index in [2.05, 4.69) is 30.2 Å². The van der Waals surface area contributed by atoms with Gasteiger partial charge in [-0.3, -0.25) is 4.98 Å². The van der Waals surface area contributed by atoms with Gasteiger partial charge in [0, 0.05) is 18.0 Å². The van der Waals surface area contributed by atoms with E-state index in [0.29, 0.717) is 35.9 Å². The maximum absolute atomic E-state index is 13.2.